The first-order chi connectivity index (χ1) is 7.39. The van der Waals surface area contributed by atoms with E-state index in [4.69, 9.17) is 15.4 Å². The Bertz CT molecular complexity index is 567. The first-order valence-corrected chi connectivity index (χ1v) is 6.65. The number of benzene rings is 1. The van der Waals surface area contributed by atoms with Crippen molar-refractivity contribution in [2.75, 3.05) is 6.61 Å². The second kappa shape index (κ2) is 3.71. The number of fused-ring (bicyclic) bond motifs is 1. The highest BCUT2D eigenvalue weighted by molar-refractivity contribution is 8.13. The van der Waals surface area contributed by atoms with Gasteiger partial charge in [0.15, 0.2) is 5.78 Å². The normalized spacial score (nSPS) is 15.5. The molecule has 2 rings (SSSR count). The van der Waals surface area contributed by atoms with E-state index in [9.17, 15) is 17.6 Å². The van der Waals surface area contributed by atoms with Crippen LogP contribution in [0.15, 0.2) is 17.0 Å². The first-order valence-electron chi connectivity index (χ1n) is 4.34. The molecule has 0 saturated heterocycles. The van der Waals surface area contributed by atoms with Crippen molar-refractivity contribution in [1.29, 1.82) is 0 Å². The van der Waals surface area contributed by atoms with Gasteiger partial charge in [0, 0.05) is 23.2 Å². The Hall–Kier alpha value is -1.14. The summed E-state index contributed by atoms with van der Waals surface area (Å²) in [6, 6.07) is 1.77. The fraction of sp³-hybridized carbons (Fsp3) is 0.222. The summed E-state index contributed by atoms with van der Waals surface area (Å²) < 4.78 is 40.4. The molecule has 1 aliphatic rings. The van der Waals surface area contributed by atoms with E-state index in [1.807, 2.05) is 0 Å². The lowest BCUT2D eigenvalue weighted by molar-refractivity contribution is 0.0932. The molecule has 0 saturated carbocycles. The van der Waals surface area contributed by atoms with E-state index >= 15 is 0 Å². The molecule has 0 aliphatic carbocycles. The van der Waals surface area contributed by atoms with Gasteiger partial charge in [0.05, 0.1) is 12.2 Å². The fourth-order valence-corrected chi connectivity index (χ4v) is 2.35. The van der Waals surface area contributed by atoms with Gasteiger partial charge >= 0.3 is 0 Å². The van der Waals surface area contributed by atoms with Crippen molar-refractivity contribution in [3.8, 4) is 5.75 Å². The maximum atomic E-state index is 13.3. The maximum Gasteiger partial charge on any atom is 0.264 e. The molecule has 0 amide bonds. The van der Waals surface area contributed by atoms with Crippen LogP contribution in [-0.4, -0.2) is 20.8 Å². The van der Waals surface area contributed by atoms with Crippen molar-refractivity contribution in [2.24, 2.45) is 0 Å². The Morgan fingerprint density at radius 3 is 2.69 bits per heavy atom. The van der Waals surface area contributed by atoms with Crippen molar-refractivity contribution in [3.05, 3.63) is 23.5 Å². The zero-order chi connectivity index (χ0) is 11.9. The van der Waals surface area contributed by atoms with Gasteiger partial charge < -0.3 is 4.74 Å². The lowest BCUT2D eigenvalue weighted by Gasteiger charge is -2.16. The van der Waals surface area contributed by atoms with E-state index in [1.54, 1.807) is 0 Å². The third kappa shape index (κ3) is 1.90. The summed E-state index contributed by atoms with van der Waals surface area (Å²) in [5, 5.41) is 0. The van der Waals surface area contributed by atoms with Gasteiger partial charge in [-0.05, 0) is 6.07 Å². The molecule has 0 radical (unpaired) electrons. The lowest BCUT2D eigenvalue weighted by atomic mass is 10.1. The molecule has 0 unspecified atom stereocenters. The zero-order valence-electron chi connectivity index (χ0n) is 7.87. The predicted molar refractivity (Wildman–Crippen MR) is 53.9 cm³/mol. The molecule has 0 aromatic heterocycles. The van der Waals surface area contributed by atoms with Crippen LogP contribution in [0, 0.1) is 5.82 Å². The summed E-state index contributed by atoms with van der Waals surface area (Å²) >= 11 is 0. The largest absolute Gasteiger partial charge is 0.492 e. The number of carbonyl (C=O) groups is 1. The topological polar surface area (TPSA) is 60.4 Å². The Morgan fingerprint density at radius 2 is 2.06 bits per heavy atom. The molecular formula is C9H6ClFO4S. The lowest BCUT2D eigenvalue weighted by Crippen LogP contribution is -2.16. The van der Waals surface area contributed by atoms with Crippen LogP contribution in [0.25, 0.3) is 0 Å². The molecule has 1 aromatic rings. The van der Waals surface area contributed by atoms with Crippen LogP contribution < -0.4 is 4.74 Å². The molecule has 86 valence electrons. The van der Waals surface area contributed by atoms with Gasteiger partial charge in [0.25, 0.3) is 9.05 Å². The van der Waals surface area contributed by atoms with Gasteiger partial charge in [-0.2, -0.15) is 0 Å². The molecule has 0 N–H and O–H groups in total. The Kier molecular flexibility index (Phi) is 2.63. The van der Waals surface area contributed by atoms with Crippen LogP contribution in [0.2, 0.25) is 0 Å². The molecule has 1 heterocycles. The second-order valence-electron chi connectivity index (χ2n) is 3.24. The summed E-state index contributed by atoms with van der Waals surface area (Å²) in [4.78, 5) is 10.7. The number of halogens is 2. The fourth-order valence-electron chi connectivity index (χ4n) is 1.45. The highest BCUT2D eigenvalue weighted by Crippen LogP contribution is 2.30. The highest BCUT2D eigenvalue weighted by Gasteiger charge is 2.25. The standard InChI is InChI=1S/C9H6ClFO4S/c10-16(13,14)9-3-5-7(12)1-2-15-8(5)4-6(9)11/h3-4H,1-2H2. The maximum absolute atomic E-state index is 13.3. The summed E-state index contributed by atoms with van der Waals surface area (Å²) in [7, 11) is 0.833. The number of Topliss-reactive ketones (excluding diaryl/α,β-unsaturated/α-hetero) is 1. The Morgan fingerprint density at radius 1 is 1.38 bits per heavy atom. The van der Waals surface area contributed by atoms with Crippen LogP contribution in [0.5, 0.6) is 5.75 Å². The summed E-state index contributed by atoms with van der Waals surface area (Å²) in [5.41, 5.74) is 0.0480. The van der Waals surface area contributed by atoms with Crippen LogP contribution in [-0.2, 0) is 9.05 Å². The summed E-state index contributed by atoms with van der Waals surface area (Å²) in [6.45, 7) is 0.165. The highest BCUT2D eigenvalue weighted by atomic mass is 35.7. The van der Waals surface area contributed by atoms with E-state index in [2.05, 4.69) is 0 Å². The van der Waals surface area contributed by atoms with Gasteiger partial charge in [0.1, 0.15) is 16.5 Å². The third-order valence-corrected chi connectivity index (χ3v) is 3.52. The molecule has 7 heteroatoms. The quantitative estimate of drug-likeness (QED) is 0.725. The molecule has 0 atom stereocenters. The van der Waals surface area contributed by atoms with E-state index in [0.29, 0.717) is 0 Å². The minimum Gasteiger partial charge on any atom is -0.492 e. The van der Waals surface area contributed by atoms with Crippen LogP contribution in [0.1, 0.15) is 16.8 Å². The molecule has 1 aromatic carbocycles. The molecule has 4 nitrogen and oxygen atoms in total. The van der Waals surface area contributed by atoms with Crippen LogP contribution >= 0.6 is 10.7 Å². The van der Waals surface area contributed by atoms with E-state index in [1.165, 1.54) is 0 Å². The molecule has 0 fully saturated rings. The summed E-state index contributed by atoms with van der Waals surface area (Å²) in [5.74, 6) is -1.26. The van der Waals surface area contributed by atoms with Crippen LogP contribution in [0.4, 0.5) is 4.39 Å². The number of ether oxygens (including phenoxy) is 1. The SMILES string of the molecule is O=C1CCOc2cc(F)c(S(=O)(=O)Cl)cc21. The number of hydrogen-bond donors (Lipinski definition) is 0. The Balaban J connectivity index is 2.68. The van der Waals surface area contributed by atoms with E-state index in [-0.39, 0.29) is 30.1 Å². The Labute approximate surface area is 95.4 Å². The van der Waals surface area contributed by atoms with Crippen molar-refractivity contribution in [2.45, 2.75) is 11.3 Å². The van der Waals surface area contributed by atoms with Crippen molar-refractivity contribution in [1.82, 2.24) is 0 Å². The molecule has 0 spiro atoms. The van der Waals surface area contributed by atoms with Gasteiger partial charge in [-0.15, -0.1) is 0 Å². The van der Waals surface area contributed by atoms with Crippen molar-refractivity contribution < 1.29 is 22.3 Å². The van der Waals surface area contributed by atoms with E-state index < -0.39 is 19.8 Å². The average Bonchev–Trinajstić information content (AvgIpc) is 2.15. The molecular weight excluding hydrogens is 259 g/mol. The third-order valence-electron chi connectivity index (χ3n) is 2.18. The molecule has 1 aliphatic heterocycles. The number of hydrogen-bond acceptors (Lipinski definition) is 4. The average molecular weight is 265 g/mol. The van der Waals surface area contributed by atoms with Gasteiger partial charge in [-0.3, -0.25) is 4.79 Å². The molecule has 16 heavy (non-hydrogen) atoms. The number of ketones is 1. The smallest absolute Gasteiger partial charge is 0.264 e. The van der Waals surface area contributed by atoms with Gasteiger partial charge in [-0.25, -0.2) is 12.8 Å². The molecule has 0 bridgehead atoms. The number of carbonyl (C=O) groups excluding carboxylic acids is 1. The monoisotopic (exact) mass is 264 g/mol. The minimum atomic E-state index is -4.20. The van der Waals surface area contributed by atoms with Crippen molar-refractivity contribution >= 4 is 25.5 Å². The van der Waals surface area contributed by atoms with E-state index in [0.717, 1.165) is 12.1 Å². The van der Waals surface area contributed by atoms with Gasteiger partial charge in [0.2, 0.25) is 0 Å². The predicted octanol–water partition coefficient (Wildman–Crippen LogP) is 1.72. The van der Waals surface area contributed by atoms with Gasteiger partial charge in [-0.1, -0.05) is 0 Å². The number of rotatable bonds is 1. The second-order valence-corrected chi connectivity index (χ2v) is 5.77. The summed E-state index contributed by atoms with van der Waals surface area (Å²) in [6.07, 6.45) is 0.139. The van der Waals surface area contributed by atoms with Crippen molar-refractivity contribution in [3.63, 3.8) is 0 Å². The minimum absolute atomic E-state index is 0.0480. The first kappa shape index (κ1) is 11.3. The zero-order valence-corrected chi connectivity index (χ0v) is 9.44. The van der Waals surface area contributed by atoms with Crippen LogP contribution in [0.3, 0.4) is 0 Å².